The zero-order valence-electron chi connectivity index (χ0n) is 10.8. The van der Waals surface area contributed by atoms with Crippen molar-refractivity contribution in [3.05, 3.63) is 29.8 Å². The van der Waals surface area contributed by atoms with Gasteiger partial charge >= 0.3 is 0 Å². The molecule has 1 heterocycles. The Morgan fingerprint density at radius 2 is 1.90 bits per heavy atom. The van der Waals surface area contributed by atoms with Crippen molar-refractivity contribution in [3.8, 4) is 0 Å². The summed E-state index contributed by atoms with van der Waals surface area (Å²) in [5, 5.41) is 12.6. The molecular formula is C11H16Cl2F2N2O3S. The lowest BCUT2D eigenvalue weighted by atomic mass is 10.1. The summed E-state index contributed by atoms with van der Waals surface area (Å²) in [6, 6.07) is 1.71. The van der Waals surface area contributed by atoms with Gasteiger partial charge < -0.3 is 10.4 Å². The van der Waals surface area contributed by atoms with E-state index < -0.39 is 33.8 Å². The van der Waals surface area contributed by atoms with Crippen LogP contribution < -0.4 is 10.0 Å². The third kappa shape index (κ3) is 5.01. The minimum Gasteiger partial charge on any atom is -0.390 e. The van der Waals surface area contributed by atoms with Crippen molar-refractivity contribution in [2.24, 2.45) is 0 Å². The van der Waals surface area contributed by atoms with Crippen molar-refractivity contribution in [2.45, 2.75) is 23.5 Å². The SMILES string of the molecule is Cl.Cl.O=S(=O)(N[C@@H]1CCNC[C@H]1O)c1ccc(F)c(F)c1. The molecule has 3 N–H and O–H groups in total. The highest BCUT2D eigenvalue weighted by Gasteiger charge is 2.28. The molecule has 1 fully saturated rings. The van der Waals surface area contributed by atoms with E-state index >= 15 is 0 Å². The molecule has 0 radical (unpaired) electrons. The molecule has 1 aliphatic heterocycles. The van der Waals surface area contributed by atoms with Crippen LogP contribution in [0.5, 0.6) is 0 Å². The second-order valence-corrected chi connectivity index (χ2v) is 6.08. The van der Waals surface area contributed by atoms with E-state index in [0.29, 0.717) is 19.0 Å². The molecule has 0 amide bonds. The molecule has 5 nitrogen and oxygen atoms in total. The number of aliphatic hydroxyl groups is 1. The van der Waals surface area contributed by atoms with E-state index in [1.54, 1.807) is 0 Å². The molecule has 2 atom stereocenters. The van der Waals surface area contributed by atoms with Crippen LogP contribution in [0.15, 0.2) is 23.1 Å². The first-order valence-corrected chi connectivity index (χ1v) is 7.24. The van der Waals surface area contributed by atoms with Gasteiger partial charge in [-0.05, 0) is 31.2 Å². The van der Waals surface area contributed by atoms with Crippen molar-refractivity contribution in [1.82, 2.24) is 10.0 Å². The van der Waals surface area contributed by atoms with Crippen LogP contribution in [0.2, 0.25) is 0 Å². The number of β-amino-alcohol motifs (C(OH)–C–C–N with tert-alkyl or cyclic N) is 1. The molecule has 2 rings (SSSR count). The number of piperidine rings is 1. The molecule has 0 saturated carbocycles. The number of hydrogen-bond acceptors (Lipinski definition) is 4. The molecule has 1 aromatic carbocycles. The maximum atomic E-state index is 13.0. The Kier molecular flexibility index (Phi) is 8.01. The topological polar surface area (TPSA) is 78.4 Å². The van der Waals surface area contributed by atoms with Gasteiger partial charge in [0.1, 0.15) is 0 Å². The van der Waals surface area contributed by atoms with Gasteiger partial charge in [0.05, 0.1) is 17.0 Å². The lowest BCUT2D eigenvalue weighted by molar-refractivity contribution is 0.113. The van der Waals surface area contributed by atoms with E-state index in [2.05, 4.69) is 10.0 Å². The fraction of sp³-hybridized carbons (Fsp3) is 0.455. The highest BCUT2D eigenvalue weighted by Crippen LogP contribution is 2.15. The molecule has 122 valence electrons. The van der Waals surface area contributed by atoms with Gasteiger partial charge in [-0.1, -0.05) is 0 Å². The Bertz CT molecular complexity index is 575. The molecule has 1 saturated heterocycles. The first-order valence-electron chi connectivity index (χ1n) is 5.76. The molecule has 0 aromatic heterocycles. The minimum atomic E-state index is -3.98. The smallest absolute Gasteiger partial charge is 0.241 e. The van der Waals surface area contributed by atoms with Crippen LogP contribution in [-0.2, 0) is 10.0 Å². The number of rotatable bonds is 3. The third-order valence-corrected chi connectivity index (χ3v) is 4.45. The van der Waals surface area contributed by atoms with Gasteiger partial charge in [0.2, 0.25) is 10.0 Å². The van der Waals surface area contributed by atoms with E-state index in [-0.39, 0.29) is 36.3 Å². The van der Waals surface area contributed by atoms with Crippen LogP contribution in [-0.4, -0.2) is 38.8 Å². The van der Waals surface area contributed by atoms with Crippen molar-refractivity contribution >= 4 is 34.8 Å². The largest absolute Gasteiger partial charge is 0.390 e. The molecule has 0 bridgehead atoms. The highest BCUT2D eigenvalue weighted by atomic mass is 35.5. The average molecular weight is 365 g/mol. The van der Waals surface area contributed by atoms with Crippen LogP contribution in [0.4, 0.5) is 8.78 Å². The lowest BCUT2D eigenvalue weighted by Gasteiger charge is -2.28. The van der Waals surface area contributed by atoms with E-state index in [4.69, 9.17) is 0 Å². The van der Waals surface area contributed by atoms with Crippen LogP contribution in [0.25, 0.3) is 0 Å². The van der Waals surface area contributed by atoms with Crippen LogP contribution in [0, 0.1) is 11.6 Å². The molecular weight excluding hydrogens is 349 g/mol. The summed E-state index contributed by atoms with van der Waals surface area (Å²) in [5.41, 5.74) is 0. The Hall–Kier alpha value is -0.510. The van der Waals surface area contributed by atoms with Gasteiger partial charge in [0.15, 0.2) is 11.6 Å². The zero-order chi connectivity index (χ0) is 14.0. The van der Waals surface area contributed by atoms with E-state index in [0.717, 1.165) is 12.1 Å². The summed E-state index contributed by atoms with van der Waals surface area (Å²) in [4.78, 5) is -0.364. The molecule has 21 heavy (non-hydrogen) atoms. The number of benzene rings is 1. The fourth-order valence-electron chi connectivity index (χ4n) is 1.89. The first-order chi connectivity index (χ1) is 8.90. The van der Waals surface area contributed by atoms with Crippen LogP contribution >= 0.6 is 24.8 Å². The summed E-state index contributed by atoms with van der Waals surface area (Å²) in [7, 11) is -3.98. The third-order valence-electron chi connectivity index (χ3n) is 2.96. The van der Waals surface area contributed by atoms with Gasteiger partial charge in [-0.3, -0.25) is 0 Å². The van der Waals surface area contributed by atoms with Gasteiger partial charge in [-0.2, -0.15) is 0 Å². The maximum Gasteiger partial charge on any atom is 0.241 e. The van der Waals surface area contributed by atoms with Crippen molar-refractivity contribution in [3.63, 3.8) is 0 Å². The predicted molar refractivity (Wildman–Crippen MR) is 78.5 cm³/mol. The Labute approximate surface area is 134 Å². The molecule has 0 spiro atoms. The number of nitrogens with one attached hydrogen (secondary N) is 2. The summed E-state index contributed by atoms with van der Waals surface area (Å²) in [6.45, 7) is 0.854. The van der Waals surface area contributed by atoms with Gasteiger partial charge in [0.25, 0.3) is 0 Å². The second kappa shape index (κ2) is 8.21. The fourth-order valence-corrected chi connectivity index (χ4v) is 3.21. The number of hydrogen-bond donors (Lipinski definition) is 3. The minimum absolute atomic E-state index is 0. The Morgan fingerprint density at radius 3 is 2.48 bits per heavy atom. The molecule has 10 heteroatoms. The van der Waals surface area contributed by atoms with Gasteiger partial charge in [-0.25, -0.2) is 21.9 Å². The van der Waals surface area contributed by atoms with Crippen molar-refractivity contribution < 1.29 is 22.3 Å². The normalized spacial score (nSPS) is 22.0. The monoisotopic (exact) mass is 364 g/mol. The lowest BCUT2D eigenvalue weighted by Crippen LogP contribution is -2.52. The summed E-state index contributed by atoms with van der Waals surface area (Å²) in [5.74, 6) is -2.34. The van der Waals surface area contributed by atoms with Crippen LogP contribution in [0.1, 0.15) is 6.42 Å². The predicted octanol–water partition coefficient (Wildman–Crippen LogP) is 0.810. The number of aliphatic hydroxyl groups excluding tert-OH is 1. The highest BCUT2D eigenvalue weighted by molar-refractivity contribution is 7.89. The first kappa shape index (κ1) is 20.5. The average Bonchev–Trinajstić information content (AvgIpc) is 2.35. The quantitative estimate of drug-likeness (QED) is 0.741. The second-order valence-electron chi connectivity index (χ2n) is 4.36. The molecule has 0 aliphatic carbocycles. The van der Waals surface area contributed by atoms with Crippen molar-refractivity contribution in [2.75, 3.05) is 13.1 Å². The van der Waals surface area contributed by atoms with E-state index in [1.165, 1.54) is 0 Å². The standard InChI is InChI=1S/C11H14F2N2O3S.2ClH/c12-8-2-1-7(5-9(8)13)19(17,18)15-10-3-4-14-6-11(10)16;;/h1-2,5,10-11,14-16H,3-4,6H2;2*1H/t10-,11-;;/m1../s1. The van der Waals surface area contributed by atoms with E-state index in [1.807, 2.05) is 0 Å². The summed E-state index contributed by atoms with van der Waals surface area (Å²) < 4.78 is 52.1. The number of halogens is 4. The van der Waals surface area contributed by atoms with Crippen molar-refractivity contribution in [1.29, 1.82) is 0 Å². The Morgan fingerprint density at radius 1 is 1.24 bits per heavy atom. The van der Waals surface area contributed by atoms with Gasteiger partial charge in [0, 0.05) is 6.54 Å². The maximum absolute atomic E-state index is 13.0. The molecule has 0 unspecified atom stereocenters. The molecule has 1 aromatic rings. The number of sulfonamides is 1. The zero-order valence-corrected chi connectivity index (χ0v) is 13.2. The van der Waals surface area contributed by atoms with E-state index in [9.17, 15) is 22.3 Å². The molecule has 1 aliphatic rings. The summed E-state index contributed by atoms with van der Waals surface area (Å²) in [6.07, 6.45) is -0.432. The van der Waals surface area contributed by atoms with Crippen LogP contribution in [0.3, 0.4) is 0 Å². The Balaban J connectivity index is 0.00000200. The van der Waals surface area contributed by atoms with Gasteiger partial charge in [-0.15, -0.1) is 24.8 Å². The summed E-state index contributed by atoms with van der Waals surface area (Å²) >= 11 is 0.